The summed E-state index contributed by atoms with van der Waals surface area (Å²) < 4.78 is 43.0. The Bertz CT molecular complexity index is 875. The fourth-order valence-electron chi connectivity index (χ4n) is 4.10. The van der Waals surface area contributed by atoms with Gasteiger partial charge in [0.2, 0.25) is 0 Å². The normalized spacial score (nSPS) is 22.6. The Morgan fingerprint density at radius 2 is 1.86 bits per heavy atom. The second kappa shape index (κ2) is 8.01. The summed E-state index contributed by atoms with van der Waals surface area (Å²) in [6.07, 6.45) is 0.397. The van der Waals surface area contributed by atoms with Crippen LogP contribution < -0.4 is 10.6 Å². The fourth-order valence-corrected chi connectivity index (χ4v) is 4.37. The molecule has 4 rings (SSSR count). The molecule has 2 aliphatic rings. The minimum Gasteiger partial charge on any atom is -0.363 e. The number of hydrogen-bond donors (Lipinski definition) is 2. The summed E-state index contributed by atoms with van der Waals surface area (Å²) in [7, 11) is 0. The molecule has 0 saturated heterocycles. The van der Waals surface area contributed by atoms with E-state index in [2.05, 4.69) is 31.7 Å². The van der Waals surface area contributed by atoms with E-state index in [1.54, 1.807) is 24.3 Å². The Hall–Kier alpha value is -2.03. The van der Waals surface area contributed by atoms with Gasteiger partial charge in [0.05, 0.1) is 6.04 Å². The summed E-state index contributed by atoms with van der Waals surface area (Å²) in [5.41, 5.74) is 0.770. The molecule has 1 aliphatic heterocycles. The van der Waals surface area contributed by atoms with Crippen LogP contribution in [0.1, 0.15) is 66.7 Å². The van der Waals surface area contributed by atoms with Crippen molar-refractivity contribution in [2.24, 2.45) is 0 Å². The highest BCUT2D eigenvalue weighted by Crippen LogP contribution is 2.43. The van der Waals surface area contributed by atoms with Crippen molar-refractivity contribution < 1.29 is 18.0 Å². The van der Waals surface area contributed by atoms with Crippen LogP contribution in [0.4, 0.5) is 19.0 Å². The highest BCUT2D eigenvalue weighted by atomic mass is 79.9. The highest BCUT2D eigenvalue weighted by molar-refractivity contribution is 9.10. The zero-order valence-corrected chi connectivity index (χ0v) is 17.3. The SMILES string of the molecule is O=C(NC1CCCCC1)c1cc2n(n1)C(C(F)(F)F)CC(c1ccc(Br)cc1)N2. The van der Waals surface area contributed by atoms with Crippen molar-refractivity contribution in [1.82, 2.24) is 15.1 Å². The highest BCUT2D eigenvalue weighted by Gasteiger charge is 2.46. The second-order valence-corrected chi connectivity index (χ2v) is 8.63. The van der Waals surface area contributed by atoms with E-state index >= 15 is 0 Å². The number of aromatic nitrogens is 2. The lowest BCUT2D eigenvalue weighted by Gasteiger charge is -2.33. The van der Waals surface area contributed by atoms with E-state index in [-0.39, 0.29) is 24.0 Å². The molecule has 156 valence electrons. The average Bonchev–Trinajstić information content (AvgIpc) is 3.12. The van der Waals surface area contributed by atoms with Crippen LogP contribution in [0.5, 0.6) is 0 Å². The lowest BCUT2D eigenvalue weighted by molar-refractivity contribution is -0.173. The number of anilines is 1. The summed E-state index contributed by atoms with van der Waals surface area (Å²) in [4.78, 5) is 12.6. The lowest BCUT2D eigenvalue weighted by Crippen LogP contribution is -2.37. The average molecular weight is 471 g/mol. The third kappa shape index (κ3) is 4.44. The standard InChI is InChI=1S/C20H22BrF3N4O/c21-13-8-6-12(7-9-13)15-10-17(20(22,23)24)28-18(26-15)11-16(27-28)19(29)25-14-4-2-1-3-5-14/h6-9,11,14-15,17,26H,1-5,10H2,(H,25,29). The van der Waals surface area contributed by atoms with Gasteiger partial charge in [-0.1, -0.05) is 47.3 Å². The molecule has 0 spiro atoms. The first kappa shape index (κ1) is 20.3. The summed E-state index contributed by atoms with van der Waals surface area (Å²) in [5.74, 6) is -0.206. The quantitative estimate of drug-likeness (QED) is 0.633. The van der Waals surface area contributed by atoms with Crippen molar-refractivity contribution in [2.45, 2.75) is 62.8 Å². The van der Waals surface area contributed by atoms with Crippen molar-refractivity contribution in [3.8, 4) is 0 Å². The van der Waals surface area contributed by atoms with Crippen LogP contribution in [-0.4, -0.2) is 27.9 Å². The van der Waals surface area contributed by atoms with Gasteiger partial charge in [-0.3, -0.25) is 4.79 Å². The summed E-state index contributed by atoms with van der Waals surface area (Å²) >= 11 is 3.34. The second-order valence-electron chi connectivity index (χ2n) is 7.71. The Labute approximate surface area is 175 Å². The van der Waals surface area contributed by atoms with Crippen LogP contribution >= 0.6 is 15.9 Å². The summed E-state index contributed by atoms with van der Waals surface area (Å²) in [5, 5.41) is 10.1. The van der Waals surface area contributed by atoms with Crippen LogP contribution in [0.2, 0.25) is 0 Å². The molecular formula is C20H22BrF3N4O. The molecule has 29 heavy (non-hydrogen) atoms. The number of fused-ring (bicyclic) bond motifs is 1. The number of alkyl halides is 3. The van der Waals surface area contributed by atoms with Gasteiger partial charge in [-0.05, 0) is 30.5 Å². The van der Waals surface area contributed by atoms with E-state index in [4.69, 9.17) is 0 Å². The number of amides is 1. The maximum absolute atomic E-state index is 13.8. The number of halogens is 4. The molecule has 2 N–H and O–H groups in total. The molecule has 2 unspecified atom stereocenters. The van der Waals surface area contributed by atoms with E-state index in [1.807, 2.05) is 0 Å². The molecule has 9 heteroatoms. The van der Waals surface area contributed by atoms with Gasteiger partial charge >= 0.3 is 6.18 Å². The molecule has 0 bridgehead atoms. The zero-order chi connectivity index (χ0) is 20.6. The molecular weight excluding hydrogens is 449 g/mol. The fraction of sp³-hybridized carbons (Fsp3) is 0.500. The van der Waals surface area contributed by atoms with Gasteiger partial charge in [0, 0.05) is 23.0 Å². The zero-order valence-electron chi connectivity index (χ0n) is 15.7. The van der Waals surface area contributed by atoms with E-state index in [9.17, 15) is 18.0 Å². The Kier molecular flexibility index (Phi) is 5.59. The molecule has 1 fully saturated rings. The van der Waals surface area contributed by atoms with Crippen molar-refractivity contribution in [3.63, 3.8) is 0 Å². The van der Waals surface area contributed by atoms with Crippen molar-refractivity contribution in [2.75, 3.05) is 5.32 Å². The number of carbonyl (C=O) groups excluding carboxylic acids is 1. The predicted molar refractivity (Wildman–Crippen MR) is 107 cm³/mol. The van der Waals surface area contributed by atoms with Crippen LogP contribution in [0.25, 0.3) is 0 Å². The Morgan fingerprint density at radius 3 is 2.52 bits per heavy atom. The first-order valence-corrected chi connectivity index (χ1v) is 10.6. The predicted octanol–water partition coefficient (Wildman–Crippen LogP) is 5.37. The molecule has 2 aromatic rings. The number of carbonyl (C=O) groups is 1. The van der Waals surface area contributed by atoms with E-state index < -0.39 is 24.2 Å². The van der Waals surface area contributed by atoms with Crippen LogP contribution in [0.15, 0.2) is 34.8 Å². The molecule has 0 radical (unpaired) electrons. The summed E-state index contributed by atoms with van der Waals surface area (Å²) in [6.45, 7) is 0. The Balaban J connectivity index is 1.59. The van der Waals surface area contributed by atoms with Crippen molar-refractivity contribution >= 4 is 27.7 Å². The molecule has 1 saturated carbocycles. The van der Waals surface area contributed by atoms with E-state index in [0.717, 1.165) is 46.8 Å². The lowest BCUT2D eigenvalue weighted by atomic mass is 9.95. The van der Waals surface area contributed by atoms with Crippen LogP contribution in [0, 0.1) is 0 Å². The van der Waals surface area contributed by atoms with Gasteiger partial charge < -0.3 is 10.6 Å². The monoisotopic (exact) mass is 470 g/mol. The third-order valence-corrected chi connectivity index (χ3v) is 6.16. The molecule has 2 heterocycles. The van der Waals surface area contributed by atoms with Crippen molar-refractivity contribution in [1.29, 1.82) is 0 Å². The number of nitrogens with one attached hydrogen (secondary N) is 2. The number of benzene rings is 1. The van der Waals surface area contributed by atoms with E-state index in [0.29, 0.717) is 0 Å². The van der Waals surface area contributed by atoms with Gasteiger partial charge in [0.25, 0.3) is 5.91 Å². The first-order valence-electron chi connectivity index (χ1n) is 9.80. The molecule has 1 aliphatic carbocycles. The summed E-state index contributed by atoms with van der Waals surface area (Å²) in [6, 6.07) is 6.36. The van der Waals surface area contributed by atoms with Gasteiger partial charge in [0.15, 0.2) is 11.7 Å². The van der Waals surface area contributed by atoms with Crippen molar-refractivity contribution in [3.05, 3.63) is 46.1 Å². The Morgan fingerprint density at radius 1 is 1.17 bits per heavy atom. The van der Waals surface area contributed by atoms with Crippen LogP contribution in [-0.2, 0) is 0 Å². The minimum atomic E-state index is -4.46. The number of hydrogen-bond acceptors (Lipinski definition) is 3. The molecule has 2 atom stereocenters. The molecule has 1 amide bonds. The van der Waals surface area contributed by atoms with E-state index in [1.165, 1.54) is 6.07 Å². The maximum Gasteiger partial charge on any atom is 0.410 e. The van der Waals surface area contributed by atoms with Crippen LogP contribution in [0.3, 0.4) is 0 Å². The smallest absolute Gasteiger partial charge is 0.363 e. The van der Waals surface area contributed by atoms with Gasteiger partial charge in [0.1, 0.15) is 5.82 Å². The molecule has 1 aromatic carbocycles. The van der Waals surface area contributed by atoms with Gasteiger partial charge in [-0.15, -0.1) is 0 Å². The molecule has 1 aromatic heterocycles. The first-order chi connectivity index (χ1) is 13.8. The third-order valence-electron chi connectivity index (χ3n) is 5.64. The number of rotatable bonds is 3. The van der Waals surface area contributed by atoms with Gasteiger partial charge in [-0.2, -0.15) is 18.3 Å². The number of nitrogens with zero attached hydrogens (tertiary/aromatic N) is 2. The topological polar surface area (TPSA) is 59.0 Å². The largest absolute Gasteiger partial charge is 0.410 e. The van der Waals surface area contributed by atoms with Gasteiger partial charge in [-0.25, -0.2) is 4.68 Å². The molecule has 5 nitrogen and oxygen atoms in total. The minimum absolute atomic E-state index is 0.0174. The maximum atomic E-state index is 13.8.